The lowest BCUT2D eigenvalue weighted by molar-refractivity contribution is -0.167. The van der Waals surface area contributed by atoms with Crippen molar-refractivity contribution in [3.05, 3.63) is 11.6 Å². The van der Waals surface area contributed by atoms with E-state index in [9.17, 15) is 4.79 Å². The highest BCUT2D eigenvalue weighted by Crippen LogP contribution is 2.67. The van der Waals surface area contributed by atoms with Crippen LogP contribution in [0.4, 0.5) is 0 Å². The second-order valence-electron chi connectivity index (χ2n) is 9.55. The van der Waals surface area contributed by atoms with Gasteiger partial charge in [0.05, 0.1) is 6.10 Å². The molecule has 0 radical (unpaired) electrons. The van der Waals surface area contributed by atoms with Crippen molar-refractivity contribution in [2.45, 2.75) is 78.2 Å². The second-order valence-corrected chi connectivity index (χ2v) is 9.55. The molecule has 0 aromatic carbocycles. The average molecular weight is 331 g/mol. The number of hydrogen-bond donors (Lipinski definition) is 0. The highest BCUT2D eigenvalue weighted by atomic mass is 16.5. The van der Waals surface area contributed by atoms with E-state index < -0.39 is 0 Å². The van der Waals surface area contributed by atoms with Gasteiger partial charge in [-0.1, -0.05) is 25.5 Å². The first kappa shape index (κ1) is 16.8. The zero-order chi connectivity index (χ0) is 17.1. The van der Waals surface area contributed by atoms with Gasteiger partial charge in [0.25, 0.3) is 0 Å². The van der Waals surface area contributed by atoms with Gasteiger partial charge in [0.15, 0.2) is 0 Å². The van der Waals surface area contributed by atoms with E-state index >= 15 is 0 Å². The highest BCUT2D eigenvalue weighted by Gasteiger charge is 2.61. The number of carbonyl (C=O) groups is 1. The van der Waals surface area contributed by atoms with Gasteiger partial charge in [0, 0.05) is 20.0 Å². The number of ether oxygens (including phenoxy) is 1. The SMILES string of the molecule is C/C=C1/CC[C@H]2[C@@H]3[C@@H](OC)C[C@H]4CC(=O)CC[C@]4(C)[C@H]3CC[C@]12C. The molecule has 0 bridgehead atoms. The molecule has 4 saturated carbocycles. The van der Waals surface area contributed by atoms with E-state index in [2.05, 4.69) is 26.8 Å². The maximum Gasteiger partial charge on any atom is 0.133 e. The van der Waals surface area contributed by atoms with Crippen molar-refractivity contribution < 1.29 is 9.53 Å². The van der Waals surface area contributed by atoms with E-state index in [1.807, 2.05) is 7.11 Å². The van der Waals surface area contributed by atoms with Crippen LogP contribution in [-0.2, 0) is 9.53 Å². The van der Waals surface area contributed by atoms with Crippen LogP contribution in [0.1, 0.15) is 72.1 Å². The summed E-state index contributed by atoms with van der Waals surface area (Å²) in [5.41, 5.74) is 2.47. The summed E-state index contributed by atoms with van der Waals surface area (Å²) in [6.45, 7) is 7.28. The lowest BCUT2D eigenvalue weighted by Crippen LogP contribution is -2.58. The van der Waals surface area contributed by atoms with Gasteiger partial charge in [0.2, 0.25) is 0 Å². The zero-order valence-corrected chi connectivity index (χ0v) is 15.9. The maximum atomic E-state index is 12.1. The summed E-state index contributed by atoms with van der Waals surface area (Å²) >= 11 is 0. The molecule has 0 heterocycles. The number of fused-ring (bicyclic) bond motifs is 5. The Balaban J connectivity index is 1.71. The molecule has 0 saturated heterocycles. The standard InChI is InChI=1S/C22H34O2/c1-5-14-6-7-17-20-18(9-11-21(14,17)2)22(3)10-8-16(23)12-15(22)13-19(20)24-4/h5,15,17-20H,6-13H2,1-4H3/b14-5-/t15-,17+,18+,19+,20+,21-,22+/m1/s1. The number of Topliss-reactive ketones (excluding diaryl/α,β-unsaturated/α-hetero) is 1. The topological polar surface area (TPSA) is 26.3 Å². The molecule has 0 aromatic heterocycles. The van der Waals surface area contributed by atoms with Gasteiger partial charge >= 0.3 is 0 Å². The molecule has 0 aromatic rings. The summed E-state index contributed by atoms with van der Waals surface area (Å²) in [6.07, 6.45) is 11.9. The fourth-order valence-electron chi connectivity index (χ4n) is 7.56. The molecule has 4 fully saturated rings. The molecule has 0 aliphatic heterocycles. The summed E-state index contributed by atoms with van der Waals surface area (Å²) in [5, 5.41) is 0. The first-order valence-electron chi connectivity index (χ1n) is 10.1. The molecule has 4 aliphatic rings. The number of ketones is 1. The van der Waals surface area contributed by atoms with E-state index in [-0.39, 0.29) is 0 Å². The minimum Gasteiger partial charge on any atom is -0.381 e. The van der Waals surface area contributed by atoms with Crippen LogP contribution >= 0.6 is 0 Å². The minimum atomic E-state index is 0.361. The third kappa shape index (κ3) is 2.14. The zero-order valence-electron chi connectivity index (χ0n) is 15.9. The Hall–Kier alpha value is -0.630. The van der Waals surface area contributed by atoms with Crippen LogP contribution in [-0.4, -0.2) is 19.0 Å². The molecule has 2 nitrogen and oxygen atoms in total. The number of rotatable bonds is 1. The Morgan fingerprint density at radius 2 is 1.92 bits per heavy atom. The van der Waals surface area contributed by atoms with Crippen molar-refractivity contribution in [3.63, 3.8) is 0 Å². The maximum absolute atomic E-state index is 12.1. The molecular weight excluding hydrogens is 296 g/mol. The van der Waals surface area contributed by atoms with Crippen LogP contribution in [0.15, 0.2) is 11.6 Å². The molecule has 0 spiro atoms. The van der Waals surface area contributed by atoms with E-state index in [0.717, 1.165) is 37.5 Å². The van der Waals surface area contributed by atoms with Crippen LogP contribution in [0.3, 0.4) is 0 Å². The van der Waals surface area contributed by atoms with Gasteiger partial charge in [-0.2, -0.15) is 0 Å². The van der Waals surface area contributed by atoms with Crippen LogP contribution in [0.25, 0.3) is 0 Å². The van der Waals surface area contributed by atoms with E-state index in [1.54, 1.807) is 5.57 Å². The molecule has 24 heavy (non-hydrogen) atoms. The summed E-state index contributed by atoms with van der Waals surface area (Å²) < 4.78 is 6.08. The highest BCUT2D eigenvalue weighted by molar-refractivity contribution is 5.79. The van der Waals surface area contributed by atoms with Gasteiger partial charge in [-0.3, -0.25) is 4.79 Å². The smallest absolute Gasteiger partial charge is 0.133 e. The second kappa shape index (κ2) is 5.69. The fraction of sp³-hybridized carbons (Fsp3) is 0.864. The summed E-state index contributed by atoms with van der Waals surface area (Å²) in [6, 6.07) is 0. The molecule has 4 rings (SSSR count). The van der Waals surface area contributed by atoms with Crippen LogP contribution in [0.5, 0.6) is 0 Å². The van der Waals surface area contributed by atoms with Gasteiger partial charge in [-0.15, -0.1) is 0 Å². The van der Waals surface area contributed by atoms with Crippen molar-refractivity contribution in [1.29, 1.82) is 0 Å². The molecule has 2 heteroatoms. The van der Waals surface area contributed by atoms with Gasteiger partial charge in [-0.05, 0) is 80.0 Å². The number of carbonyl (C=O) groups excluding carboxylic acids is 1. The summed E-state index contributed by atoms with van der Waals surface area (Å²) in [5.74, 6) is 3.27. The first-order valence-corrected chi connectivity index (χ1v) is 10.1. The Morgan fingerprint density at radius 1 is 1.12 bits per heavy atom. The number of methoxy groups -OCH3 is 1. The van der Waals surface area contributed by atoms with Gasteiger partial charge < -0.3 is 4.74 Å². The van der Waals surface area contributed by atoms with E-state index in [0.29, 0.717) is 34.6 Å². The third-order valence-electron chi connectivity index (χ3n) is 8.97. The Morgan fingerprint density at radius 3 is 2.62 bits per heavy atom. The largest absolute Gasteiger partial charge is 0.381 e. The molecule has 0 amide bonds. The Kier molecular flexibility index (Phi) is 3.99. The van der Waals surface area contributed by atoms with E-state index in [4.69, 9.17) is 4.74 Å². The molecule has 4 aliphatic carbocycles. The average Bonchev–Trinajstić information content (AvgIpc) is 2.91. The fourth-order valence-corrected chi connectivity index (χ4v) is 7.56. The molecule has 134 valence electrons. The van der Waals surface area contributed by atoms with Gasteiger partial charge in [0.1, 0.15) is 5.78 Å². The molecule has 0 unspecified atom stereocenters. The van der Waals surface area contributed by atoms with Crippen LogP contribution < -0.4 is 0 Å². The summed E-state index contributed by atoms with van der Waals surface area (Å²) in [4.78, 5) is 12.1. The van der Waals surface area contributed by atoms with Crippen LogP contribution in [0, 0.1) is 34.5 Å². The lowest BCUT2D eigenvalue weighted by Gasteiger charge is -2.61. The third-order valence-corrected chi connectivity index (χ3v) is 8.97. The Bertz CT molecular complexity index is 564. The normalized spacial score (nSPS) is 52.8. The monoisotopic (exact) mass is 330 g/mol. The lowest BCUT2D eigenvalue weighted by atomic mass is 9.44. The predicted molar refractivity (Wildman–Crippen MR) is 96.7 cm³/mol. The van der Waals surface area contributed by atoms with Crippen molar-refractivity contribution in [2.24, 2.45) is 34.5 Å². The number of hydrogen-bond acceptors (Lipinski definition) is 2. The molecule has 0 N–H and O–H groups in total. The van der Waals surface area contributed by atoms with Gasteiger partial charge in [-0.25, -0.2) is 0 Å². The molecular formula is C22H34O2. The molecule has 7 atom stereocenters. The van der Waals surface area contributed by atoms with Crippen molar-refractivity contribution >= 4 is 5.78 Å². The van der Waals surface area contributed by atoms with Crippen LogP contribution in [0.2, 0.25) is 0 Å². The van der Waals surface area contributed by atoms with E-state index in [1.165, 1.54) is 25.7 Å². The van der Waals surface area contributed by atoms with Crippen molar-refractivity contribution in [1.82, 2.24) is 0 Å². The first-order chi connectivity index (χ1) is 11.4. The number of allylic oxidation sites excluding steroid dienone is 2. The van der Waals surface area contributed by atoms with Crippen molar-refractivity contribution in [3.8, 4) is 0 Å². The Labute approximate surface area is 147 Å². The predicted octanol–water partition coefficient (Wildman–Crippen LogP) is 5.17. The summed E-state index contributed by atoms with van der Waals surface area (Å²) in [7, 11) is 1.91. The quantitative estimate of drug-likeness (QED) is 0.620. The van der Waals surface area contributed by atoms with Crippen molar-refractivity contribution in [2.75, 3.05) is 7.11 Å². The minimum absolute atomic E-state index is 0.361.